The third-order valence-corrected chi connectivity index (χ3v) is 3.44. The van der Waals surface area contributed by atoms with Gasteiger partial charge in [0.2, 0.25) is 0 Å². The summed E-state index contributed by atoms with van der Waals surface area (Å²) in [5.41, 5.74) is 0.462. The van der Waals surface area contributed by atoms with Gasteiger partial charge in [0.1, 0.15) is 17.6 Å². The summed E-state index contributed by atoms with van der Waals surface area (Å²) < 4.78 is 0. The number of aliphatic hydroxyl groups is 1. The number of hydrogen-bond donors (Lipinski definition) is 1. The second kappa shape index (κ2) is 5.03. The summed E-state index contributed by atoms with van der Waals surface area (Å²) in [7, 11) is 0. The standard InChI is InChI=1S/C13H15ClN2O/c1-2-10-12(14)11(16-9-15-10)5-8-13(17)6-3-4-7-13/h9,17H,2-4,6-7H2,1H3. The number of nitrogens with zero attached hydrogens (tertiary/aromatic N) is 2. The highest BCUT2D eigenvalue weighted by Crippen LogP contribution is 2.28. The normalized spacial score (nSPS) is 17.6. The molecule has 0 saturated heterocycles. The summed E-state index contributed by atoms with van der Waals surface area (Å²) in [5, 5.41) is 10.6. The van der Waals surface area contributed by atoms with E-state index in [9.17, 15) is 5.11 Å². The molecule has 1 fully saturated rings. The first-order chi connectivity index (χ1) is 8.14. The van der Waals surface area contributed by atoms with E-state index in [4.69, 9.17) is 11.6 Å². The summed E-state index contributed by atoms with van der Waals surface area (Å²) in [6.45, 7) is 1.98. The lowest BCUT2D eigenvalue weighted by molar-refractivity contribution is 0.110. The molecule has 2 rings (SSSR count). The molecule has 0 spiro atoms. The Hall–Kier alpha value is -1.11. The summed E-state index contributed by atoms with van der Waals surface area (Å²) >= 11 is 6.13. The monoisotopic (exact) mass is 250 g/mol. The number of aromatic nitrogens is 2. The summed E-state index contributed by atoms with van der Waals surface area (Å²) in [4.78, 5) is 8.13. The van der Waals surface area contributed by atoms with Gasteiger partial charge in [-0.1, -0.05) is 24.4 Å². The smallest absolute Gasteiger partial charge is 0.135 e. The molecule has 0 bridgehead atoms. The Labute approximate surface area is 106 Å². The molecule has 3 nitrogen and oxygen atoms in total. The van der Waals surface area contributed by atoms with Crippen molar-refractivity contribution in [3.8, 4) is 11.8 Å². The molecule has 0 atom stereocenters. The maximum atomic E-state index is 10.1. The Kier molecular flexibility index (Phi) is 3.66. The maximum Gasteiger partial charge on any atom is 0.135 e. The maximum absolute atomic E-state index is 10.1. The van der Waals surface area contributed by atoms with E-state index in [2.05, 4.69) is 21.8 Å². The first-order valence-electron chi connectivity index (χ1n) is 5.89. The Morgan fingerprint density at radius 3 is 2.76 bits per heavy atom. The highest BCUT2D eigenvalue weighted by atomic mass is 35.5. The van der Waals surface area contributed by atoms with E-state index < -0.39 is 5.60 Å². The van der Waals surface area contributed by atoms with Crippen LogP contribution in [0.4, 0.5) is 0 Å². The highest BCUT2D eigenvalue weighted by Gasteiger charge is 2.28. The predicted octanol–water partition coefficient (Wildman–Crippen LogP) is 2.35. The van der Waals surface area contributed by atoms with Gasteiger partial charge < -0.3 is 5.11 Å². The molecule has 4 heteroatoms. The van der Waals surface area contributed by atoms with E-state index >= 15 is 0 Å². The number of hydrogen-bond acceptors (Lipinski definition) is 3. The first-order valence-corrected chi connectivity index (χ1v) is 6.27. The Bertz CT molecular complexity index is 470. The lowest BCUT2D eigenvalue weighted by atomic mass is 10.0. The van der Waals surface area contributed by atoms with Gasteiger partial charge in [0.05, 0.1) is 10.7 Å². The molecule has 0 amide bonds. The largest absolute Gasteiger partial charge is 0.378 e. The van der Waals surface area contributed by atoms with Gasteiger partial charge in [-0.3, -0.25) is 0 Å². The summed E-state index contributed by atoms with van der Waals surface area (Å²) in [6.07, 6.45) is 5.76. The van der Waals surface area contributed by atoms with Crippen molar-refractivity contribution in [2.45, 2.75) is 44.6 Å². The molecule has 1 aromatic heterocycles. The second-order valence-electron chi connectivity index (χ2n) is 4.33. The lowest BCUT2D eigenvalue weighted by Crippen LogP contribution is -2.20. The zero-order valence-electron chi connectivity index (χ0n) is 9.83. The molecule has 1 aliphatic carbocycles. The molecule has 1 heterocycles. The molecule has 17 heavy (non-hydrogen) atoms. The highest BCUT2D eigenvalue weighted by molar-refractivity contribution is 6.32. The molecule has 0 aromatic carbocycles. The van der Waals surface area contributed by atoms with Crippen LogP contribution in [0, 0.1) is 11.8 Å². The number of rotatable bonds is 1. The molecule has 0 radical (unpaired) electrons. The van der Waals surface area contributed by atoms with Gasteiger partial charge in [-0.15, -0.1) is 0 Å². The van der Waals surface area contributed by atoms with Crippen LogP contribution in [-0.4, -0.2) is 20.7 Å². The van der Waals surface area contributed by atoms with E-state index in [1.165, 1.54) is 6.33 Å². The van der Waals surface area contributed by atoms with Gasteiger partial charge in [-0.2, -0.15) is 0 Å². The van der Waals surface area contributed by atoms with Gasteiger partial charge in [0.25, 0.3) is 0 Å². The van der Waals surface area contributed by atoms with Crippen LogP contribution in [0.1, 0.15) is 44.0 Å². The zero-order chi connectivity index (χ0) is 12.3. The second-order valence-corrected chi connectivity index (χ2v) is 4.70. The van der Waals surface area contributed by atoms with Crippen LogP contribution in [0.25, 0.3) is 0 Å². The van der Waals surface area contributed by atoms with Crippen molar-refractivity contribution in [1.29, 1.82) is 0 Å². The molecule has 0 aliphatic heterocycles. The van der Waals surface area contributed by atoms with Crippen molar-refractivity contribution in [3.63, 3.8) is 0 Å². The zero-order valence-corrected chi connectivity index (χ0v) is 10.6. The fourth-order valence-electron chi connectivity index (χ4n) is 2.00. The summed E-state index contributed by atoms with van der Waals surface area (Å²) in [5.74, 6) is 5.78. The minimum absolute atomic E-state index is 0.504. The third-order valence-electron chi connectivity index (χ3n) is 3.04. The fourth-order valence-corrected chi connectivity index (χ4v) is 2.28. The van der Waals surface area contributed by atoms with Crippen LogP contribution in [-0.2, 0) is 6.42 Å². The van der Waals surface area contributed by atoms with E-state index in [0.717, 1.165) is 37.8 Å². The molecule has 90 valence electrons. The molecule has 1 saturated carbocycles. The van der Waals surface area contributed by atoms with Crippen LogP contribution < -0.4 is 0 Å². The van der Waals surface area contributed by atoms with Gasteiger partial charge in [-0.05, 0) is 38.0 Å². The van der Waals surface area contributed by atoms with Crippen molar-refractivity contribution in [2.24, 2.45) is 0 Å². The van der Waals surface area contributed by atoms with Crippen molar-refractivity contribution < 1.29 is 5.11 Å². The number of aryl methyl sites for hydroxylation is 1. The Morgan fingerprint density at radius 2 is 2.12 bits per heavy atom. The molecule has 0 unspecified atom stereocenters. The Balaban J connectivity index is 2.27. The summed E-state index contributed by atoms with van der Waals surface area (Å²) in [6, 6.07) is 0. The van der Waals surface area contributed by atoms with Crippen LogP contribution in [0.3, 0.4) is 0 Å². The lowest BCUT2D eigenvalue weighted by Gasteiger charge is -2.12. The molecule has 1 aromatic rings. The van der Waals surface area contributed by atoms with Crippen molar-refractivity contribution in [1.82, 2.24) is 9.97 Å². The average molecular weight is 251 g/mol. The Morgan fingerprint density at radius 1 is 1.41 bits per heavy atom. The minimum Gasteiger partial charge on any atom is -0.378 e. The van der Waals surface area contributed by atoms with Gasteiger partial charge in [-0.25, -0.2) is 9.97 Å². The minimum atomic E-state index is -0.847. The topological polar surface area (TPSA) is 46.0 Å². The van der Waals surface area contributed by atoms with Crippen molar-refractivity contribution >= 4 is 11.6 Å². The third kappa shape index (κ3) is 2.77. The van der Waals surface area contributed by atoms with Crippen molar-refractivity contribution in [2.75, 3.05) is 0 Å². The SMILES string of the molecule is CCc1ncnc(C#CC2(O)CCCC2)c1Cl. The fraction of sp³-hybridized carbons (Fsp3) is 0.538. The van der Waals surface area contributed by atoms with E-state index in [-0.39, 0.29) is 0 Å². The van der Waals surface area contributed by atoms with E-state index in [0.29, 0.717) is 10.7 Å². The quantitative estimate of drug-likeness (QED) is 0.779. The number of halogens is 1. The molecule has 1 aliphatic rings. The van der Waals surface area contributed by atoms with Crippen LogP contribution in [0.15, 0.2) is 6.33 Å². The molecular formula is C13H15ClN2O. The predicted molar refractivity (Wildman–Crippen MR) is 66.7 cm³/mol. The van der Waals surface area contributed by atoms with Crippen molar-refractivity contribution in [3.05, 3.63) is 22.7 Å². The first kappa shape index (κ1) is 12.3. The van der Waals surface area contributed by atoms with E-state index in [1.807, 2.05) is 6.92 Å². The van der Waals surface area contributed by atoms with Gasteiger partial charge in [0, 0.05) is 0 Å². The van der Waals surface area contributed by atoms with Crippen LogP contribution in [0.5, 0.6) is 0 Å². The average Bonchev–Trinajstić information content (AvgIpc) is 2.75. The van der Waals surface area contributed by atoms with E-state index in [1.54, 1.807) is 0 Å². The van der Waals surface area contributed by atoms with Gasteiger partial charge >= 0.3 is 0 Å². The molecular weight excluding hydrogens is 236 g/mol. The van der Waals surface area contributed by atoms with Crippen LogP contribution >= 0.6 is 11.6 Å². The van der Waals surface area contributed by atoms with Gasteiger partial charge in [0.15, 0.2) is 0 Å². The van der Waals surface area contributed by atoms with Crippen LogP contribution in [0.2, 0.25) is 5.02 Å². The molecule has 1 N–H and O–H groups in total.